The zero-order valence-electron chi connectivity index (χ0n) is 19.8. The predicted octanol–water partition coefficient (Wildman–Crippen LogP) is 4.62. The van der Waals surface area contributed by atoms with Crippen LogP contribution in [0.4, 0.5) is 5.69 Å². The molecule has 0 saturated carbocycles. The number of halogens is 1. The summed E-state index contributed by atoms with van der Waals surface area (Å²) < 4.78 is 18.1. The van der Waals surface area contributed by atoms with Gasteiger partial charge in [-0.05, 0) is 42.7 Å². The van der Waals surface area contributed by atoms with Crippen LogP contribution in [0.3, 0.4) is 0 Å². The first-order valence-electron chi connectivity index (χ1n) is 11.4. The molecule has 0 bridgehead atoms. The van der Waals surface area contributed by atoms with Crippen molar-refractivity contribution in [3.8, 4) is 23.3 Å². The molecule has 0 saturated heterocycles. The van der Waals surface area contributed by atoms with Crippen molar-refractivity contribution in [2.45, 2.75) is 32.2 Å². The summed E-state index contributed by atoms with van der Waals surface area (Å²) >= 11 is 5.98. The highest BCUT2D eigenvalue weighted by molar-refractivity contribution is 6.32. The van der Waals surface area contributed by atoms with Gasteiger partial charge in [0.25, 0.3) is 5.69 Å². The van der Waals surface area contributed by atoms with Crippen LogP contribution in [0.15, 0.2) is 36.4 Å². The number of fused-ring (bicyclic) bond motifs is 1. The number of allylic oxidation sites excluding steroid dienone is 1. The molecule has 0 N–H and O–H groups in total. The van der Waals surface area contributed by atoms with Crippen molar-refractivity contribution in [2.24, 2.45) is 0 Å². The lowest BCUT2D eigenvalue weighted by molar-refractivity contribution is -0.384. The molecule has 1 aromatic heterocycles. The number of nitriles is 1. The van der Waals surface area contributed by atoms with Gasteiger partial charge in [-0.2, -0.15) is 5.26 Å². The Kier molecular flexibility index (Phi) is 8.00. The van der Waals surface area contributed by atoms with Crippen molar-refractivity contribution >= 4 is 34.9 Å². The first kappa shape index (κ1) is 25.7. The Hall–Kier alpha value is -4.43. The third kappa shape index (κ3) is 6.05. The van der Waals surface area contributed by atoms with Crippen LogP contribution in [0.25, 0.3) is 11.6 Å². The maximum absolute atomic E-state index is 12.3. The lowest BCUT2D eigenvalue weighted by atomic mass is 10.1. The molecule has 0 fully saturated rings. The van der Waals surface area contributed by atoms with Crippen molar-refractivity contribution in [2.75, 3.05) is 13.7 Å². The minimum absolute atomic E-state index is 0.00594. The molecular formula is C25H22ClN5O6. The molecule has 12 heteroatoms. The molecule has 1 aliphatic heterocycles. The standard InChI is InChI=1S/C25H22ClN5O6/c1-35-22-12-16(11-17(14-27)25-29-28-23-5-3-2-4-10-30(23)25)6-8-21(22)37-24(32)15-36-20-9-7-18(31(33)34)13-19(20)26/h6-9,11-13H,2-5,10,15H2,1H3/b17-11-. The summed E-state index contributed by atoms with van der Waals surface area (Å²) in [5, 5.41) is 29.1. The maximum atomic E-state index is 12.3. The number of methoxy groups -OCH3 is 1. The summed E-state index contributed by atoms with van der Waals surface area (Å²) in [4.78, 5) is 22.6. The Morgan fingerprint density at radius 2 is 2.00 bits per heavy atom. The largest absolute Gasteiger partial charge is 0.493 e. The average Bonchev–Trinajstić information content (AvgIpc) is 3.14. The Balaban J connectivity index is 1.47. The number of esters is 1. The van der Waals surface area contributed by atoms with Gasteiger partial charge < -0.3 is 18.8 Å². The molecule has 2 aromatic carbocycles. The molecule has 37 heavy (non-hydrogen) atoms. The molecule has 2 heterocycles. The number of hydrogen-bond donors (Lipinski definition) is 0. The molecule has 0 amide bonds. The molecular weight excluding hydrogens is 502 g/mol. The number of nitro groups is 1. The highest BCUT2D eigenvalue weighted by atomic mass is 35.5. The lowest BCUT2D eigenvalue weighted by Gasteiger charge is -2.11. The van der Waals surface area contributed by atoms with E-state index in [1.807, 2.05) is 4.57 Å². The summed E-state index contributed by atoms with van der Waals surface area (Å²) in [6.07, 6.45) is 5.67. The minimum Gasteiger partial charge on any atom is -0.493 e. The summed E-state index contributed by atoms with van der Waals surface area (Å²) in [7, 11) is 1.43. The predicted molar refractivity (Wildman–Crippen MR) is 133 cm³/mol. The van der Waals surface area contributed by atoms with Gasteiger partial charge in [0.2, 0.25) is 0 Å². The summed E-state index contributed by atoms with van der Waals surface area (Å²) in [6, 6.07) is 10.7. The molecule has 0 radical (unpaired) electrons. The summed E-state index contributed by atoms with van der Waals surface area (Å²) in [6.45, 7) is 0.279. The number of carbonyl (C=O) groups is 1. The van der Waals surface area contributed by atoms with Gasteiger partial charge >= 0.3 is 5.97 Å². The van der Waals surface area contributed by atoms with Gasteiger partial charge in [-0.15, -0.1) is 10.2 Å². The fourth-order valence-electron chi connectivity index (χ4n) is 3.87. The van der Waals surface area contributed by atoms with Crippen molar-refractivity contribution in [3.05, 3.63) is 68.7 Å². The topological polar surface area (TPSA) is 142 Å². The van der Waals surface area contributed by atoms with Crippen LogP contribution < -0.4 is 14.2 Å². The summed E-state index contributed by atoms with van der Waals surface area (Å²) in [5.74, 6) is 1.19. The maximum Gasteiger partial charge on any atom is 0.349 e. The van der Waals surface area contributed by atoms with E-state index >= 15 is 0 Å². The molecule has 11 nitrogen and oxygen atoms in total. The number of aromatic nitrogens is 3. The van der Waals surface area contributed by atoms with E-state index in [1.165, 1.54) is 19.2 Å². The van der Waals surface area contributed by atoms with Crippen molar-refractivity contribution < 1.29 is 23.9 Å². The van der Waals surface area contributed by atoms with Gasteiger partial charge in [0, 0.05) is 25.1 Å². The van der Waals surface area contributed by atoms with E-state index in [1.54, 1.807) is 24.3 Å². The molecule has 0 spiro atoms. The SMILES string of the molecule is COc1cc(/C=C(/C#N)c2nnc3n2CCCCC3)ccc1OC(=O)COc1ccc([N+](=O)[O-])cc1Cl. The van der Waals surface area contributed by atoms with Gasteiger partial charge in [-0.1, -0.05) is 24.1 Å². The second-order valence-corrected chi connectivity index (χ2v) is 8.52. The quantitative estimate of drug-likeness (QED) is 0.136. The van der Waals surface area contributed by atoms with E-state index < -0.39 is 17.5 Å². The monoisotopic (exact) mass is 523 g/mol. The second kappa shape index (κ2) is 11.5. The molecule has 1 aliphatic rings. The Labute approximate surface area is 217 Å². The van der Waals surface area contributed by atoms with Crippen molar-refractivity contribution in [1.82, 2.24) is 14.8 Å². The van der Waals surface area contributed by atoms with Crippen LogP contribution in [-0.2, 0) is 17.8 Å². The van der Waals surface area contributed by atoms with Crippen LogP contribution in [0.1, 0.15) is 36.5 Å². The van der Waals surface area contributed by atoms with E-state index in [4.69, 9.17) is 25.8 Å². The van der Waals surface area contributed by atoms with E-state index in [0.717, 1.165) is 44.1 Å². The lowest BCUT2D eigenvalue weighted by Crippen LogP contribution is -2.18. The molecule has 4 rings (SSSR count). The third-order valence-corrected chi connectivity index (χ3v) is 5.96. The van der Waals surface area contributed by atoms with Crippen LogP contribution in [0, 0.1) is 21.4 Å². The minimum atomic E-state index is -0.736. The zero-order valence-corrected chi connectivity index (χ0v) is 20.6. The fraction of sp³-hybridized carbons (Fsp3) is 0.280. The third-order valence-electron chi connectivity index (χ3n) is 5.67. The van der Waals surface area contributed by atoms with Crippen LogP contribution in [0.2, 0.25) is 5.02 Å². The number of benzene rings is 2. The average molecular weight is 524 g/mol. The molecule has 0 unspecified atom stereocenters. The van der Waals surface area contributed by atoms with Gasteiger partial charge in [0.1, 0.15) is 17.6 Å². The molecule has 0 atom stereocenters. The van der Waals surface area contributed by atoms with Crippen molar-refractivity contribution in [3.63, 3.8) is 0 Å². The van der Waals surface area contributed by atoms with Crippen LogP contribution >= 0.6 is 11.6 Å². The highest BCUT2D eigenvalue weighted by Crippen LogP contribution is 2.31. The first-order valence-corrected chi connectivity index (χ1v) is 11.8. The summed E-state index contributed by atoms with van der Waals surface area (Å²) in [5.41, 5.74) is 0.812. The Morgan fingerprint density at radius 1 is 1.19 bits per heavy atom. The normalized spacial score (nSPS) is 13.2. The zero-order chi connectivity index (χ0) is 26.4. The van der Waals surface area contributed by atoms with E-state index in [-0.39, 0.29) is 28.0 Å². The molecule has 0 aliphatic carbocycles. The number of non-ortho nitro benzene ring substituents is 1. The van der Waals surface area contributed by atoms with Gasteiger partial charge in [0.05, 0.1) is 22.6 Å². The number of rotatable bonds is 8. The number of nitrogens with zero attached hydrogens (tertiary/aromatic N) is 5. The van der Waals surface area contributed by atoms with Crippen LogP contribution in [0.5, 0.6) is 17.2 Å². The number of aryl methyl sites for hydroxylation is 1. The van der Waals surface area contributed by atoms with E-state index in [0.29, 0.717) is 17.0 Å². The van der Waals surface area contributed by atoms with Crippen molar-refractivity contribution in [1.29, 1.82) is 5.26 Å². The van der Waals surface area contributed by atoms with Gasteiger partial charge in [0.15, 0.2) is 23.9 Å². The molecule has 3 aromatic rings. The fourth-order valence-corrected chi connectivity index (χ4v) is 4.09. The number of hydrogen-bond acceptors (Lipinski definition) is 9. The number of carbonyl (C=O) groups excluding carboxylic acids is 1. The highest BCUT2D eigenvalue weighted by Gasteiger charge is 2.19. The van der Waals surface area contributed by atoms with E-state index in [9.17, 15) is 20.2 Å². The first-order chi connectivity index (χ1) is 17.9. The van der Waals surface area contributed by atoms with Gasteiger partial charge in [-0.3, -0.25) is 10.1 Å². The smallest absolute Gasteiger partial charge is 0.349 e. The van der Waals surface area contributed by atoms with E-state index in [2.05, 4.69) is 16.3 Å². The molecule has 190 valence electrons. The Bertz CT molecular complexity index is 1410. The number of ether oxygens (including phenoxy) is 3. The van der Waals surface area contributed by atoms with Crippen LogP contribution in [-0.4, -0.2) is 39.4 Å². The Morgan fingerprint density at radius 3 is 2.73 bits per heavy atom. The number of nitro benzene ring substituents is 1. The second-order valence-electron chi connectivity index (χ2n) is 8.12. The van der Waals surface area contributed by atoms with Gasteiger partial charge in [-0.25, -0.2) is 4.79 Å².